The lowest BCUT2D eigenvalue weighted by molar-refractivity contribution is -0.137. The molecule has 1 atom stereocenters. The van der Waals surface area contributed by atoms with Crippen LogP contribution in [0.3, 0.4) is 0 Å². The monoisotopic (exact) mass is 275 g/mol. The predicted octanol–water partition coefficient (Wildman–Crippen LogP) is 3.31. The van der Waals surface area contributed by atoms with Gasteiger partial charge in [-0.15, -0.1) is 0 Å². The first-order valence-corrected chi connectivity index (χ1v) is 6.25. The highest BCUT2D eigenvalue weighted by atomic mass is 19.4. The number of methoxy groups -OCH3 is 1. The molecule has 0 radical (unpaired) electrons. The molecule has 1 aromatic rings. The molecule has 2 nitrogen and oxygen atoms in total. The van der Waals surface area contributed by atoms with Gasteiger partial charge in [-0.3, -0.25) is 0 Å². The van der Waals surface area contributed by atoms with Gasteiger partial charge in [0.05, 0.1) is 12.2 Å². The number of aryl methyl sites for hydroxylation is 2. The second kappa shape index (κ2) is 6.91. The van der Waals surface area contributed by atoms with Crippen molar-refractivity contribution in [3.05, 3.63) is 34.9 Å². The molecular formula is C14H20F3NO. The fourth-order valence-electron chi connectivity index (χ4n) is 2.04. The second-order valence-electron chi connectivity index (χ2n) is 4.81. The van der Waals surface area contributed by atoms with E-state index in [2.05, 4.69) is 0 Å². The van der Waals surface area contributed by atoms with Crippen LogP contribution in [0.4, 0.5) is 13.2 Å². The maximum atomic E-state index is 12.7. The molecule has 0 aliphatic carbocycles. The molecule has 1 rings (SSSR count). The lowest BCUT2D eigenvalue weighted by atomic mass is 10.0. The Kier molecular flexibility index (Phi) is 5.82. The third-order valence-corrected chi connectivity index (χ3v) is 2.89. The van der Waals surface area contributed by atoms with Gasteiger partial charge in [0.1, 0.15) is 0 Å². The zero-order valence-electron chi connectivity index (χ0n) is 11.3. The van der Waals surface area contributed by atoms with Crippen LogP contribution in [0.1, 0.15) is 29.5 Å². The topological polar surface area (TPSA) is 35.2 Å². The van der Waals surface area contributed by atoms with Crippen molar-refractivity contribution in [2.75, 3.05) is 13.7 Å². The molecule has 0 saturated carbocycles. The van der Waals surface area contributed by atoms with Gasteiger partial charge in [0.2, 0.25) is 0 Å². The van der Waals surface area contributed by atoms with Crippen molar-refractivity contribution in [3.8, 4) is 0 Å². The summed E-state index contributed by atoms with van der Waals surface area (Å²) >= 11 is 0. The van der Waals surface area contributed by atoms with E-state index < -0.39 is 11.7 Å². The molecule has 0 spiro atoms. The van der Waals surface area contributed by atoms with Crippen LogP contribution in [0.2, 0.25) is 0 Å². The highest BCUT2D eigenvalue weighted by Crippen LogP contribution is 2.30. The quantitative estimate of drug-likeness (QED) is 0.864. The van der Waals surface area contributed by atoms with E-state index >= 15 is 0 Å². The number of nitrogens with two attached hydrogens (primary N) is 1. The lowest BCUT2D eigenvalue weighted by Gasteiger charge is -2.12. The fourth-order valence-corrected chi connectivity index (χ4v) is 2.04. The Morgan fingerprint density at radius 1 is 1.26 bits per heavy atom. The average Bonchev–Trinajstić information content (AvgIpc) is 2.27. The average molecular weight is 275 g/mol. The molecule has 0 bridgehead atoms. The summed E-state index contributed by atoms with van der Waals surface area (Å²) in [7, 11) is 1.58. The van der Waals surface area contributed by atoms with Crippen LogP contribution in [0.5, 0.6) is 0 Å². The Hall–Kier alpha value is -1.07. The van der Waals surface area contributed by atoms with E-state index in [0.29, 0.717) is 24.2 Å². The molecule has 5 heteroatoms. The molecule has 0 saturated heterocycles. The van der Waals surface area contributed by atoms with E-state index in [1.807, 2.05) is 0 Å². The molecule has 0 fully saturated rings. The van der Waals surface area contributed by atoms with Crippen LogP contribution in [-0.2, 0) is 17.3 Å². The first-order valence-electron chi connectivity index (χ1n) is 6.25. The molecule has 19 heavy (non-hydrogen) atoms. The van der Waals surface area contributed by atoms with Crippen molar-refractivity contribution < 1.29 is 17.9 Å². The summed E-state index contributed by atoms with van der Waals surface area (Å²) in [5.41, 5.74) is 6.53. The molecule has 1 aromatic carbocycles. The van der Waals surface area contributed by atoms with Gasteiger partial charge in [0.15, 0.2) is 0 Å². The fraction of sp³-hybridized carbons (Fsp3) is 0.571. The summed E-state index contributed by atoms with van der Waals surface area (Å²) in [6.45, 7) is 2.15. The number of hydrogen-bond donors (Lipinski definition) is 1. The van der Waals surface area contributed by atoms with Gasteiger partial charge >= 0.3 is 6.18 Å². The van der Waals surface area contributed by atoms with E-state index in [1.54, 1.807) is 20.1 Å². The van der Waals surface area contributed by atoms with Crippen LogP contribution in [-0.4, -0.2) is 19.8 Å². The largest absolute Gasteiger partial charge is 0.416 e. The van der Waals surface area contributed by atoms with E-state index in [1.165, 1.54) is 12.1 Å². The van der Waals surface area contributed by atoms with Crippen LogP contribution in [0.15, 0.2) is 18.2 Å². The van der Waals surface area contributed by atoms with Crippen molar-refractivity contribution in [3.63, 3.8) is 0 Å². The summed E-state index contributed by atoms with van der Waals surface area (Å²) in [4.78, 5) is 0. The standard InChI is InChI=1S/C14H20F3NO/c1-10-6-11(4-3-5-13(18)9-19-2)8-12(7-10)14(15,16)17/h6-8,13H,3-5,9,18H2,1-2H3. The zero-order valence-corrected chi connectivity index (χ0v) is 11.3. The highest BCUT2D eigenvalue weighted by molar-refractivity contribution is 5.31. The number of hydrogen-bond acceptors (Lipinski definition) is 2. The number of rotatable bonds is 6. The van der Waals surface area contributed by atoms with Gasteiger partial charge in [-0.25, -0.2) is 0 Å². The Bertz CT molecular complexity index is 404. The van der Waals surface area contributed by atoms with Crippen LogP contribution in [0, 0.1) is 6.92 Å². The Morgan fingerprint density at radius 3 is 2.53 bits per heavy atom. The van der Waals surface area contributed by atoms with Crippen molar-refractivity contribution in [2.45, 2.75) is 38.4 Å². The highest BCUT2D eigenvalue weighted by Gasteiger charge is 2.30. The number of ether oxygens (including phenoxy) is 1. The van der Waals surface area contributed by atoms with Gasteiger partial charge in [-0.2, -0.15) is 13.2 Å². The lowest BCUT2D eigenvalue weighted by Crippen LogP contribution is -2.25. The van der Waals surface area contributed by atoms with E-state index in [4.69, 9.17) is 10.5 Å². The minimum atomic E-state index is -4.28. The van der Waals surface area contributed by atoms with E-state index in [9.17, 15) is 13.2 Å². The maximum absolute atomic E-state index is 12.7. The Morgan fingerprint density at radius 2 is 1.95 bits per heavy atom. The Labute approximate surface area is 111 Å². The van der Waals surface area contributed by atoms with Crippen LogP contribution in [0.25, 0.3) is 0 Å². The molecule has 0 aliphatic rings. The molecule has 0 aromatic heterocycles. The second-order valence-corrected chi connectivity index (χ2v) is 4.81. The summed E-state index contributed by atoms with van der Waals surface area (Å²) in [6, 6.07) is 4.11. The van der Waals surface area contributed by atoms with Crippen molar-refractivity contribution in [1.82, 2.24) is 0 Å². The first kappa shape index (κ1) is 16.0. The van der Waals surface area contributed by atoms with E-state index in [-0.39, 0.29) is 6.04 Å². The summed E-state index contributed by atoms with van der Waals surface area (Å²) in [5.74, 6) is 0. The summed E-state index contributed by atoms with van der Waals surface area (Å²) < 4.78 is 42.9. The van der Waals surface area contributed by atoms with Gasteiger partial charge < -0.3 is 10.5 Å². The molecule has 1 unspecified atom stereocenters. The molecule has 0 amide bonds. The third-order valence-electron chi connectivity index (χ3n) is 2.89. The number of halogens is 3. The zero-order chi connectivity index (χ0) is 14.5. The molecule has 2 N–H and O–H groups in total. The molecule has 0 heterocycles. The molecule has 108 valence electrons. The van der Waals surface area contributed by atoms with Crippen molar-refractivity contribution in [2.24, 2.45) is 5.73 Å². The first-order chi connectivity index (χ1) is 8.82. The minimum absolute atomic E-state index is 0.0584. The van der Waals surface area contributed by atoms with Crippen LogP contribution >= 0.6 is 0 Å². The van der Waals surface area contributed by atoms with Crippen molar-refractivity contribution >= 4 is 0 Å². The maximum Gasteiger partial charge on any atom is 0.416 e. The smallest absolute Gasteiger partial charge is 0.383 e. The summed E-state index contributed by atoms with van der Waals surface area (Å²) in [6.07, 6.45) is -2.19. The van der Waals surface area contributed by atoms with E-state index in [0.717, 1.165) is 12.8 Å². The molecular weight excluding hydrogens is 255 g/mol. The van der Waals surface area contributed by atoms with Gasteiger partial charge in [-0.05, 0) is 43.9 Å². The summed E-state index contributed by atoms with van der Waals surface area (Å²) in [5, 5.41) is 0. The minimum Gasteiger partial charge on any atom is -0.383 e. The SMILES string of the molecule is COCC(N)CCCc1cc(C)cc(C(F)(F)F)c1. The third kappa shape index (κ3) is 5.61. The van der Waals surface area contributed by atoms with Crippen LogP contribution < -0.4 is 5.73 Å². The number of alkyl halides is 3. The van der Waals surface area contributed by atoms with Gasteiger partial charge in [0.25, 0.3) is 0 Å². The van der Waals surface area contributed by atoms with Gasteiger partial charge in [-0.1, -0.05) is 11.6 Å². The van der Waals surface area contributed by atoms with Gasteiger partial charge in [0, 0.05) is 13.2 Å². The molecule has 0 aliphatic heterocycles. The normalized spacial score (nSPS) is 13.6. The Balaban J connectivity index is 2.61. The number of benzene rings is 1. The van der Waals surface area contributed by atoms with Crippen molar-refractivity contribution in [1.29, 1.82) is 0 Å². The predicted molar refractivity (Wildman–Crippen MR) is 69.0 cm³/mol.